The van der Waals surface area contributed by atoms with E-state index in [0.717, 1.165) is 6.42 Å². The predicted octanol–water partition coefficient (Wildman–Crippen LogP) is -0.371. The Kier molecular flexibility index (Phi) is 5.18. The number of esters is 1. The molecule has 0 saturated carbocycles. The summed E-state index contributed by atoms with van der Waals surface area (Å²) >= 11 is 0. The van der Waals surface area contributed by atoms with E-state index in [1.807, 2.05) is 6.92 Å². The molecule has 0 aromatic carbocycles. The van der Waals surface area contributed by atoms with Crippen molar-refractivity contribution in [2.45, 2.75) is 38.3 Å². The highest BCUT2D eigenvalue weighted by Gasteiger charge is 2.52. The Balaban J connectivity index is 1.19. The molecule has 0 radical (unpaired) electrons. The fraction of sp³-hybridized carbons (Fsp3) is 0.550. The number of tetrazole rings is 1. The molecule has 2 atom stereocenters. The number of hydrogen-bond donors (Lipinski definition) is 1. The number of piperidine rings is 1. The highest BCUT2D eigenvalue weighted by Crippen LogP contribution is 2.46. The van der Waals surface area contributed by atoms with E-state index in [9.17, 15) is 14.7 Å². The van der Waals surface area contributed by atoms with Gasteiger partial charge in [0.2, 0.25) is 5.91 Å². The fourth-order valence-corrected chi connectivity index (χ4v) is 4.92. The zero-order valence-electron chi connectivity index (χ0n) is 17.7. The van der Waals surface area contributed by atoms with E-state index in [-0.39, 0.29) is 24.5 Å². The van der Waals surface area contributed by atoms with Crippen LogP contribution in [0.5, 0.6) is 0 Å². The SMILES string of the molecule is C[C@H]1CC2(CCN(CC(O)c3cnc(-n4cnnn4)cn3)CC2)C(=O)N1C1=CC(=O)OC1. The molecule has 12 heteroatoms. The van der Waals surface area contributed by atoms with Gasteiger partial charge in [-0.3, -0.25) is 9.78 Å². The number of likely N-dealkylation sites (tertiary alicyclic amines) is 2. The van der Waals surface area contributed by atoms with E-state index in [1.54, 1.807) is 4.90 Å². The number of carbonyl (C=O) groups is 2. The quantitative estimate of drug-likeness (QED) is 0.613. The van der Waals surface area contributed by atoms with Crippen molar-refractivity contribution >= 4 is 11.9 Å². The van der Waals surface area contributed by atoms with Gasteiger partial charge in [-0.15, -0.1) is 5.10 Å². The topological polar surface area (TPSA) is 139 Å². The van der Waals surface area contributed by atoms with Gasteiger partial charge in [-0.25, -0.2) is 9.78 Å². The fourth-order valence-electron chi connectivity index (χ4n) is 4.92. The molecule has 1 N–H and O–H groups in total. The molecule has 3 aliphatic rings. The summed E-state index contributed by atoms with van der Waals surface area (Å²) in [6.07, 6.45) is 7.27. The molecular weight excluding hydrogens is 416 g/mol. The molecule has 3 aliphatic heterocycles. The lowest BCUT2D eigenvalue weighted by Gasteiger charge is -2.38. The summed E-state index contributed by atoms with van der Waals surface area (Å²) in [6, 6.07) is 0.0364. The zero-order chi connectivity index (χ0) is 22.3. The van der Waals surface area contributed by atoms with Crippen LogP contribution in [0.25, 0.3) is 5.82 Å². The standard InChI is InChI=1S/C20H24N8O4/c1-13-7-20(19(31)28(13)14-6-18(30)32-11-14)2-4-26(5-3-20)10-16(29)15-8-22-17(9-21-15)27-12-23-24-25-27/h6,8-9,12-13,16,29H,2-5,7,10-11H2,1H3/t13-,16?/m0/s1. The average molecular weight is 440 g/mol. The van der Waals surface area contributed by atoms with Crippen LogP contribution < -0.4 is 0 Å². The average Bonchev–Trinajstić information content (AvgIpc) is 3.52. The van der Waals surface area contributed by atoms with E-state index >= 15 is 0 Å². The van der Waals surface area contributed by atoms with Crippen molar-refractivity contribution < 1.29 is 19.4 Å². The first-order chi connectivity index (χ1) is 15.4. The summed E-state index contributed by atoms with van der Waals surface area (Å²) in [5.74, 6) is 0.159. The zero-order valence-corrected chi connectivity index (χ0v) is 17.7. The molecule has 5 heterocycles. The van der Waals surface area contributed by atoms with Gasteiger partial charge in [-0.1, -0.05) is 0 Å². The van der Waals surface area contributed by atoms with Gasteiger partial charge in [-0.05, 0) is 49.7 Å². The van der Waals surface area contributed by atoms with Crippen LogP contribution in [0.1, 0.15) is 38.0 Å². The number of hydrogen-bond acceptors (Lipinski definition) is 10. The number of amides is 1. The second-order valence-corrected chi connectivity index (χ2v) is 8.62. The normalized spacial score (nSPS) is 24.1. The van der Waals surface area contributed by atoms with Crippen molar-refractivity contribution in [2.75, 3.05) is 26.2 Å². The summed E-state index contributed by atoms with van der Waals surface area (Å²) in [5, 5.41) is 21.5. The molecular formula is C20H24N8O4. The molecule has 1 unspecified atom stereocenters. The summed E-state index contributed by atoms with van der Waals surface area (Å²) < 4.78 is 6.39. The molecule has 1 amide bonds. The maximum atomic E-state index is 13.3. The van der Waals surface area contributed by atoms with Crippen molar-refractivity contribution in [3.8, 4) is 5.82 Å². The van der Waals surface area contributed by atoms with Crippen molar-refractivity contribution in [3.05, 3.63) is 36.2 Å². The Morgan fingerprint density at radius 1 is 1.25 bits per heavy atom. The van der Waals surface area contributed by atoms with Crippen molar-refractivity contribution in [3.63, 3.8) is 0 Å². The lowest BCUT2D eigenvalue weighted by atomic mass is 9.76. The van der Waals surface area contributed by atoms with Crippen molar-refractivity contribution in [1.82, 2.24) is 40.0 Å². The lowest BCUT2D eigenvalue weighted by molar-refractivity contribution is -0.139. The maximum Gasteiger partial charge on any atom is 0.333 e. The number of carbonyl (C=O) groups excluding carboxylic acids is 2. The summed E-state index contributed by atoms with van der Waals surface area (Å²) in [4.78, 5) is 37.2. The molecule has 32 heavy (non-hydrogen) atoms. The van der Waals surface area contributed by atoms with E-state index in [0.29, 0.717) is 49.7 Å². The Labute approximate surface area is 183 Å². The highest BCUT2D eigenvalue weighted by atomic mass is 16.5. The Bertz CT molecular complexity index is 1030. The van der Waals surface area contributed by atoms with E-state index < -0.39 is 11.5 Å². The number of aliphatic hydroxyl groups is 1. The first-order valence-electron chi connectivity index (χ1n) is 10.6. The van der Waals surface area contributed by atoms with Crippen LogP contribution in [0.3, 0.4) is 0 Å². The molecule has 5 rings (SSSR count). The first kappa shape index (κ1) is 20.6. The molecule has 0 aliphatic carbocycles. The van der Waals surface area contributed by atoms with Gasteiger partial charge in [0.1, 0.15) is 19.0 Å². The highest BCUT2D eigenvalue weighted by molar-refractivity contribution is 5.91. The molecule has 2 aromatic rings. The van der Waals surface area contributed by atoms with Gasteiger partial charge in [0, 0.05) is 18.7 Å². The van der Waals surface area contributed by atoms with Gasteiger partial charge in [0.05, 0.1) is 29.2 Å². The predicted molar refractivity (Wildman–Crippen MR) is 108 cm³/mol. The van der Waals surface area contributed by atoms with Crippen LogP contribution >= 0.6 is 0 Å². The molecule has 2 aromatic heterocycles. The van der Waals surface area contributed by atoms with Crippen LogP contribution in [0.4, 0.5) is 0 Å². The molecule has 0 bridgehead atoms. The summed E-state index contributed by atoms with van der Waals surface area (Å²) in [7, 11) is 0. The van der Waals surface area contributed by atoms with Crippen LogP contribution in [0.15, 0.2) is 30.5 Å². The summed E-state index contributed by atoms with van der Waals surface area (Å²) in [5.41, 5.74) is 0.711. The third-order valence-corrected chi connectivity index (χ3v) is 6.58. The van der Waals surface area contributed by atoms with Gasteiger partial charge in [-0.2, -0.15) is 4.68 Å². The largest absolute Gasteiger partial charge is 0.456 e. The smallest absolute Gasteiger partial charge is 0.333 e. The second-order valence-electron chi connectivity index (χ2n) is 8.62. The van der Waals surface area contributed by atoms with Gasteiger partial charge < -0.3 is 19.6 Å². The number of aromatic nitrogens is 6. The number of ether oxygens (including phenoxy) is 1. The Morgan fingerprint density at radius 2 is 2.06 bits per heavy atom. The van der Waals surface area contributed by atoms with E-state index in [1.165, 1.54) is 29.5 Å². The molecule has 2 saturated heterocycles. The molecule has 2 fully saturated rings. The molecule has 12 nitrogen and oxygen atoms in total. The number of nitrogens with zero attached hydrogens (tertiary/aromatic N) is 8. The number of rotatable bonds is 5. The van der Waals surface area contributed by atoms with Crippen molar-refractivity contribution in [2.24, 2.45) is 5.41 Å². The van der Waals surface area contributed by atoms with Crippen LogP contribution in [0.2, 0.25) is 0 Å². The van der Waals surface area contributed by atoms with E-state index in [2.05, 4.69) is 30.4 Å². The third-order valence-electron chi connectivity index (χ3n) is 6.58. The molecule has 1 spiro atoms. The Hall–Kier alpha value is -3.25. The van der Waals surface area contributed by atoms with Gasteiger partial charge in [0.25, 0.3) is 0 Å². The van der Waals surface area contributed by atoms with Gasteiger partial charge >= 0.3 is 5.97 Å². The third kappa shape index (κ3) is 3.65. The summed E-state index contributed by atoms with van der Waals surface area (Å²) in [6.45, 7) is 4.00. The van der Waals surface area contributed by atoms with E-state index in [4.69, 9.17) is 4.74 Å². The van der Waals surface area contributed by atoms with Crippen LogP contribution in [-0.4, -0.2) is 89.2 Å². The van der Waals surface area contributed by atoms with Gasteiger partial charge in [0.15, 0.2) is 5.82 Å². The maximum absolute atomic E-state index is 13.3. The monoisotopic (exact) mass is 440 g/mol. The molecule has 168 valence electrons. The lowest BCUT2D eigenvalue weighted by Crippen LogP contribution is -2.45. The number of cyclic esters (lactones) is 1. The van der Waals surface area contributed by atoms with Crippen LogP contribution in [0, 0.1) is 5.41 Å². The minimum atomic E-state index is -0.791. The number of β-amino-alcohol motifs (C(OH)–C–C–N with tert-alkyl or cyclic N) is 1. The minimum Gasteiger partial charge on any atom is -0.456 e. The first-order valence-corrected chi connectivity index (χ1v) is 10.6. The van der Waals surface area contributed by atoms with Crippen LogP contribution in [-0.2, 0) is 14.3 Å². The minimum absolute atomic E-state index is 0.0364. The van der Waals surface area contributed by atoms with Crippen molar-refractivity contribution in [1.29, 1.82) is 0 Å². The second kappa shape index (κ2) is 8.02. The number of aliphatic hydroxyl groups excluding tert-OH is 1. The Morgan fingerprint density at radius 3 is 2.69 bits per heavy atom.